The summed E-state index contributed by atoms with van der Waals surface area (Å²) >= 11 is 0. The number of carbonyl (C=O) groups is 1. The van der Waals surface area contributed by atoms with Gasteiger partial charge in [-0.05, 0) is 12.1 Å². The highest BCUT2D eigenvalue weighted by atomic mass is 16.5. The number of hydrogen-bond donors (Lipinski definition) is 1. The van der Waals surface area contributed by atoms with Gasteiger partial charge in [0.05, 0.1) is 13.2 Å². The van der Waals surface area contributed by atoms with E-state index in [1.54, 1.807) is 11.1 Å². The summed E-state index contributed by atoms with van der Waals surface area (Å²) in [6.07, 6.45) is 4.63. The number of carbonyl (C=O) groups excluding carboxylic acids is 1. The Bertz CT molecular complexity index is 654. The summed E-state index contributed by atoms with van der Waals surface area (Å²) < 4.78 is 7.50. The number of nitrogens with two attached hydrogens (primary N) is 1. The minimum Gasteiger partial charge on any atom is -0.382 e. The van der Waals surface area contributed by atoms with Gasteiger partial charge < -0.3 is 19.9 Å². The largest absolute Gasteiger partial charge is 0.382 e. The fourth-order valence-electron chi connectivity index (χ4n) is 2.45. The summed E-state index contributed by atoms with van der Waals surface area (Å²) in [6.45, 7) is 1.43. The van der Waals surface area contributed by atoms with E-state index in [0.29, 0.717) is 36.9 Å². The lowest BCUT2D eigenvalue weighted by Gasteiger charge is -2.32. The molecule has 1 aliphatic rings. The molecule has 21 heavy (non-hydrogen) atoms. The van der Waals surface area contributed by atoms with Crippen molar-refractivity contribution in [2.24, 2.45) is 7.05 Å². The van der Waals surface area contributed by atoms with Crippen LogP contribution >= 0.6 is 0 Å². The normalized spacial score (nSPS) is 18.7. The second-order valence-electron chi connectivity index (χ2n) is 4.94. The zero-order chi connectivity index (χ0) is 14.8. The Morgan fingerprint density at radius 2 is 2.24 bits per heavy atom. The number of aryl methyl sites for hydroxylation is 1. The van der Waals surface area contributed by atoms with Gasteiger partial charge in [0.15, 0.2) is 0 Å². The van der Waals surface area contributed by atoms with E-state index in [0.717, 1.165) is 0 Å². The SMILES string of the molecule is Cn1cccc1C(=O)N1CCO[C@@H](c2nccnc2N)C1. The van der Waals surface area contributed by atoms with Gasteiger partial charge in [-0.1, -0.05) is 0 Å². The Morgan fingerprint density at radius 1 is 1.43 bits per heavy atom. The number of morpholine rings is 1. The maximum Gasteiger partial charge on any atom is 0.270 e. The van der Waals surface area contributed by atoms with Crippen molar-refractivity contribution >= 4 is 11.7 Å². The van der Waals surface area contributed by atoms with Crippen molar-refractivity contribution in [1.29, 1.82) is 0 Å². The van der Waals surface area contributed by atoms with Crippen LogP contribution in [0, 0.1) is 0 Å². The van der Waals surface area contributed by atoms with Crippen LogP contribution in [-0.2, 0) is 11.8 Å². The van der Waals surface area contributed by atoms with Gasteiger partial charge in [-0.15, -0.1) is 0 Å². The van der Waals surface area contributed by atoms with Gasteiger partial charge in [-0.25, -0.2) is 4.98 Å². The molecule has 2 aromatic heterocycles. The summed E-state index contributed by atoms with van der Waals surface area (Å²) in [6, 6.07) is 3.66. The fraction of sp³-hybridized carbons (Fsp3) is 0.357. The zero-order valence-electron chi connectivity index (χ0n) is 11.8. The van der Waals surface area contributed by atoms with Crippen LogP contribution in [0.15, 0.2) is 30.7 Å². The first-order valence-electron chi connectivity index (χ1n) is 6.75. The molecule has 0 aliphatic carbocycles. The van der Waals surface area contributed by atoms with Gasteiger partial charge in [0.1, 0.15) is 23.3 Å². The third-order valence-corrected chi connectivity index (χ3v) is 3.58. The summed E-state index contributed by atoms with van der Waals surface area (Å²) in [7, 11) is 1.85. The summed E-state index contributed by atoms with van der Waals surface area (Å²) in [5.41, 5.74) is 7.07. The molecule has 2 N–H and O–H groups in total. The van der Waals surface area contributed by atoms with Crippen LogP contribution in [0.25, 0.3) is 0 Å². The molecule has 1 atom stereocenters. The molecule has 0 radical (unpaired) electrons. The highest BCUT2D eigenvalue weighted by Crippen LogP contribution is 2.24. The number of hydrogen-bond acceptors (Lipinski definition) is 5. The van der Waals surface area contributed by atoms with Crippen molar-refractivity contribution in [3.8, 4) is 0 Å². The average molecular weight is 287 g/mol. The monoisotopic (exact) mass is 287 g/mol. The number of amides is 1. The molecule has 3 heterocycles. The van der Waals surface area contributed by atoms with Crippen LogP contribution in [0.3, 0.4) is 0 Å². The van der Waals surface area contributed by atoms with E-state index in [1.807, 2.05) is 29.9 Å². The van der Waals surface area contributed by atoms with Crippen LogP contribution in [0.5, 0.6) is 0 Å². The summed E-state index contributed by atoms with van der Waals surface area (Å²) in [5, 5.41) is 0. The Morgan fingerprint density at radius 3 is 2.95 bits per heavy atom. The second kappa shape index (κ2) is 5.53. The summed E-state index contributed by atoms with van der Waals surface area (Å²) in [5.74, 6) is 0.328. The number of nitrogen functional groups attached to an aromatic ring is 1. The molecule has 110 valence electrons. The third kappa shape index (κ3) is 2.59. The lowest BCUT2D eigenvalue weighted by molar-refractivity contribution is -0.0248. The van der Waals surface area contributed by atoms with E-state index in [2.05, 4.69) is 9.97 Å². The molecule has 0 aromatic carbocycles. The molecule has 0 saturated carbocycles. The van der Waals surface area contributed by atoms with Crippen LogP contribution in [-0.4, -0.2) is 45.0 Å². The first-order chi connectivity index (χ1) is 10.2. The Hall–Kier alpha value is -2.41. The van der Waals surface area contributed by atoms with Gasteiger partial charge in [0, 0.05) is 32.2 Å². The standard InChI is InChI=1S/C14H17N5O2/c1-18-6-2-3-10(18)14(20)19-7-8-21-11(9-19)12-13(15)17-5-4-16-12/h2-6,11H,7-9H2,1H3,(H2,15,17)/t11-/m1/s1. The topological polar surface area (TPSA) is 86.3 Å². The fourth-order valence-corrected chi connectivity index (χ4v) is 2.45. The van der Waals surface area contributed by atoms with E-state index in [1.165, 1.54) is 6.20 Å². The van der Waals surface area contributed by atoms with Crippen molar-refractivity contribution < 1.29 is 9.53 Å². The zero-order valence-corrected chi connectivity index (χ0v) is 11.8. The quantitative estimate of drug-likeness (QED) is 0.874. The van der Waals surface area contributed by atoms with E-state index in [9.17, 15) is 4.79 Å². The van der Waals surface area contributed by atoms with Crippen molar-refractivity contribution in [1.82, 2.24) is 19.4 Å². The minimum atomic E-state index is -0.336. The molecule has 0 unspecified atom stereocenters. The lowest BCUT2D eigenvalue weighted by atomic mass is 10.2. The van der Waals surface area contributed by atoms with E-state index in [4.69, 9.17) is 10.5 Å². The molecule has 2 aromatic rings. The first-order valence-corrected chi connectivity index (χ1v) is 6.75. The van der Waals surface area contributed by atoms with Gasteiger partial charge in [0.2, 0.25) is 0 Å². The maximum atomic E-state index is 12.5. The lowest BCUT2D eigenvalue weighted by Crippen LogP contribution is -2.43. The molecule has 0 bridgehead atoms. The number of rotatable bonds is 2. The predicted molar refractivity (Wildman–Crippen MR) is 76.5 cm³/mol. The molecule has 1 amide bonds. The molecule has 0 spiro atoms. The molecular weight excluding hydrogens is 270 g/mol. The van der Waals surface area contributed by atoms with Crippen molar-refractivity contribution in [3.05, 3.63) is 42.1 Å². The molecule has 1 saturated heterocycles. The van der Waals surface area contributed by atoms with Gasteiger partial charge in [-0.2, -0.15) is 0 Å². The number of ether oxygens (including phenoxy) is 1. The molecule has 7 nitrogen and oxygen atoms in total. The number of nitrogens with zero attached hydrogens (tertiary/aromatic N) is 4. The highest BCUT2D eigenvalue weighted by Gasteiger charge is 2.29. The minimum absolute atomic E-state index is 0.0155. The average Bonchev–Trinajstić information content (AvgIpc) is 2.93. The Kier molecular flexibility index (Phi) is 3.57. The number of aromatic nitrogens is 3. The smallest absolute Gasteiger partial charge is 0.270 e. The Balaban J connectivity index is 1.79. The summed E-state index contributed by atoms with van der Waals surface area (Å²) in [4.78, 5) is 22.5. The number of anilines is 1. The van der Waals surface area contributed by atoms with Crippen molar-refractivity contribution in [2.75, 3.05) is 25.4 Å². The predicted octanol–water partition coefficient (Wildman–Crippen LogP) is 0.611. The van der Waals surface area contributed by atoms with Gasteiger partial charge in [0.25, 0.3) is 5.91 Å². The molecule has 1 fully saturated rings. The van der Waals surface area contributed by atoms with E-state index < -0.39 is 0 Å². The van der Waals surface area contributed by atoms with Crippen LogP contribution in [0.4, 0.5) is 5.82 Å². The van der Waals surface area contributed by atoms with Crippen LogP contribution in [0.1, 0.15) is 22.3 Å². The molecule has 1 aliphatic heterocycles. The highest BCUT2D eigenvalue weighted by molar-refractivity contribution is 5.92. The van der Waals surface area contributed by atoms with E-state index >= 15 is 0 Å². The van der Waals surface area contributed by atoms with E-state index in [-0.39, 0.29) is 12.0 Å². The third-order valence-electron chi connectivity index (χ3n) is 3.58. The van der Waals surface area contributed by atoms with Crippen LogP contribution in [0.2, 0.25) is 0 Å². The van der Waals surface area contributed by atoms with Gasteiger partial charge in [-0.3, -0.25) is 9.78 Å². The van der Waals surface area contributed by atoms with Crippen molar-refractivity contribution in [3.63, 3.8) is 0 Å². The Labute approximate surface area is 122 Å². The maximum absolute atomic E-state index is 12.5. The van der Waals surface area contributed by atoms with Crippen molar-refractivity contribution in [2.45, 2.75) is 6.10 Å². The molecule has 3 rings (SSSR count). The first kappa shape index (κ1) is 13.6. The molecular formula is C14H17N5O2. The second-order valence-corrected chi connectivity index (χ2v) is 4.94. The van der Waals surface area contributed by atoms with Crippen LogP contribution < -0.4 is 5.73 Å². The van der Waals surface area contributed by atoms with Gasteiger partial charge >= 0.3 is 0 Å². The molecule has 7 heteroatoms.